The van der Waals surface area contributed by atoms with E-state index in [1.807, 2.05) is 0 Å². The van der Waals surface area contributed by atoms with Crippen molar-refractivity contribution in [3.63, 3.8) is 0 Å². The van der Waals surface area contributed by atoms with Gasteiger partial charge in [-0.1, -0.05) is 0 Å². The summed E-state index contributed by atoms with van der Waals surface area (Å²) in [6, 6.07) is 0. The first-order valence-corrected chi connectivity index (χ1v) is 3.84. The summed E-state index contributed by atoms with van der Waals surface area (Å²) in [5, 5.41) is 2.69. The third-order valence-electron chi connectivity index (χ3n) is 2.25. The molecule has 1 fully saturated rings. The van der Waals surface area contributed by atoms with Crippen LogP contribution in [0.25, 0.3) is 0 Å². The lowest BCUT2D eigenvalue weighted by Gasteiger charge is -2.37. The van der Waals surface area contributed by atoms with Gasteiger partial charge in [0.15, 0.2) is 5.60 Å². The average molecular weight is 183 g/mol. The van der Waals surface area contributed by atoms with Gasteiger partial charge in [-0.25, -0.2) is 0 Å². The van der Waals surface area contributed by atoms with Gasteiger partial charge >= 0.3 is 6.18 Å². The number of methoxy groups -OCH3 is 1. The van der Waals surface area contributed by atoms with Crippen molar-refractivity contribution in [2.75, 3.05) is 20.2 Å². The molecule has 1 heterocycles. The van der Waals surface area contributed by atoms with Gasteiger partial charge in [0.2, 0.25) is 0 Å². The number of piperidine rings is 1. The van der Waals surface area contributed by atoms with Gasteiger partial charge in [-0.3, -0.25) is 0 Å². The van der Waals surface area contributed by atoms with Crippen LogP contribution in [0, 0.1) is 0 Å². The molecule has 0 bridgehead atoms. The van der Waals surface area contributed by atoms with E-state index in [1.165, 1.54) is 0 Å². The highest BCUT2D eigenvalue weighted by molar-refractivity contribution is 4.93. The summed E-state index contributed by atoms with van der Waals surface area (Å²) in [6.45, 7) is 0.508. The molecule has 5 heteroatoms. The molecule has 0 amide bonds. The quantitative estimate of drug-likeness (QED) is 0.662. The van der Waals surface area contributed by atoms with E-state index in [1.54, 1.807) is 0 Å². The second-order valence-electron chi connectivity index (χ2n) is 2.98. The number of hydrogen-bond donors (Lipinski definition) is 1. The normalized spacial score (nSPS) is 32.0. The van der Waals surface area contributed by atoms with E-state index in [4.69, 9.17) is 0 Å². The molecule has 0 spiro atoms. The second kappa shape index (κ2) is 3.22. The van der Waals surface area contributed by atoms with Crippen LogP contribution in [0.4, 0.5) is 13.2 Å². The maximum Gasteiger partial charge on any atom is 0.418 e. The Morgan fingerprint density at radius 1 is 1.42 bits per heavy atom. The monoisotopic (exact) mass is 183 g/mol. The molecule has 0 aromatic carbocycles. The highest BCUT2D eigenvalue weighted by Crippen LogP contribution is 2.37. The summed E-state index contributed by atoms with van der Waals surface area (Å²) in [5.74, 6) is 0. The first kappa shape index (κ1) is 9.80. The van der Waals surface area contributed by atoms with Crippen molar-refractivity contribution in [1.29, 1.82) is 0 Å². The molecule has 0 aromatic heterocycles. The SMILES string of the molecule is CO[C@]1(C(F)(F)F)CCCNC1. The summed E-state index contributed by atoms with van der Waals surface area (Å²) in [6.07, 6.45) is -3.71. The van der Waals surface area contributed by atoms with Gasteiger partial charge < -0.3 is 10.1 Å². The Bertz CT molecular complexity index is 151. The van der Waals surface area contributed by atoms with Gasteiger partial charge in [-0.2, -0.15) is 13.2 Å². The molecule has 72 valence electrons. The Labute approximate surface area is 69.1 Å². The van der Waals surface area contributed by atoms with E-state index in [-0.39, 0.29) is 13.0 Å². The van der Waals surface area contributed by atoms with Crippen molar-refractivity contribution >= 4 is 0 Å². The summed E-state index contributed by atoms with van der Waals surface area (Å²) in [5.41, 5.74) is -1.95. The van der Waals surface area contributed by atoms with E-state index in [2.05, 4.69) is 10.1 Å². The standard InChI is InChI=1S/C7H12F3NO/c1-12-6(7(8,9)10)3-2-4-11-5-6/h11H,2-5H2,1H3/t6-/m1/s1. The number of alkyl halides is 3. The molecule has 1 rings (SSSR count). The summed E-state index contributed by atoms with van der Waals surface area (Å²) >= 11 is 0. The van der Waals surface area contributed by atoms with E-state index in [0.717, 1.165) is 7.11 Å². The number of halogens is 3. The second-order valence-corrected chi connectivity index (χ2v) is 2.98. The molecule has 1 aliphatic heterocycles. The molecule has 0 aromatic rings. The van der Waals surface area contributed by atoms with Crippen LogP contribution >= 0.6 is 0 Å². The third kappa shape index (κ3) is 1.56. The minimum Gasteiger partial charge on any atom is -0.367 e. The molecular formula is C7H12F3NO. The van der Waals surface area contributed by atoms with Crippen LogP contribution in [0.5, 0.6) is 0 Å². The number of ether oxygens (including phenoxy) is 1. The predicted octanol–water partition coefficient (Wildman–Crippen LogP) is 1.32. The molecule has 1 atom stereocenters. The van der Waals surface area contributed by atoms with Crippen LogP contribution in [0.1, 0.15) is 12.8 Å². The van der Waals surface area contributed by atoms with Crippen LogP contribution in [0.2, 0.25) is 0 Å². The fraction of sp³-hybridized carbons (Fsp3) is 1.00. The van der Waals surface area contributed by atoms with Gasteiger partial charge in [0.05, 0.1) is 0 Å². The molecule has 2 nitrogen and oxygen atoms in total. The lowest BCUT2D eigenvalue weighted by Crippen LogP contribution is -2.56. The van der Waals surface area contributed by atoms with Crippen molar-refractivity contribution in [1.82, 2.24) is 5.32 Å². The van der Waals surface area contributed by atoms with Crippen molar-refractivity contribution in [3.8, 4) is 0 Å². The van der Waals surface area contributed by atoms with Gasteiger partial charge in [0.1, 0.15) is 0 Å². The topological polar surface area (TPSA) is 21.3 Å². The molecule has 1 aliphatic rings. The third-order valence-corrected chi connectivity index (χ3v) is 2.25. The van der Waals surface area contributed by atoms with Gasteiger partial charge in [-0.05, 0) is 19.4 Å². The Kier molecular flexibility index (Phi) is 2.63. The van der Waals surface area contributed by atoms with E-state index < -0.39 is 11.8 Å². The molecule has 0 radical (unpaired) electrons. The molecular weight excluding hydrogens is 171 g/mol. The number of hydrogen-bond acceptors (Lipinski definition) is 2. The zero-order valence-electron chi connectivity index (χ0n) is 6.87. The molecule has 0 aliphatic carbocycles. The number of rotatable bonds is 1. The van der Waals surface area contributed by atoms with E-state index in [0.29, 0.717) is 13.0 Å². The summed E-state index contributed by atoms with van der Waals surface area (Å²) in [4.78, 5) is 0. The molecule has 0 unspecified atom stereocenters. The van der Waals surface area contributed by atoms with Crippen LogP contribution in [-0.2, 0) is 4.74 Å². The maximum absolute atomic E-state index is 12.4. The zero-order chi connectivity index (χ0) is 9.24. The molecule has 1 N–H and O–H groups in total. The van der Waals surface area contributed by atoms with E-state index >= 15 is 0 Å². The highest BCUT2D eigenvalue weighted by Gasteiger charge is 2.55. The fourth-order valence-electron chi connectivity index (χ4n) is 1.41. The van der Waals surface area contributed by atoms with Gasteiger partial charge in [0, 0.05) is 13.7 Å². The minimum atomic E-state index is -4.27. The van der Waals surface area contributed by atoms with Gasteiger partial charge in [-0.15, -0.1) is 0 Å². The first-order valence-electron chi connectivity index (χ1n) is 3.84. The van der Waals surface area contributed by atoms with Crippen LogP contribution in [0.15, 0.2) is 0 Å². The fourth-order valence-corrected chi connectivity index (χ4v) is 1.41. The van der Waals surface area contributed by atoms with E-state index in [9.17, 15) is 13.2 Å². The van der Waals surface area contributed by atoms with Gasteiger partial charge in [0.25, 0.3) is 0 Å². The minimum absolute atomic E-state index is 0.0556. The Balaban J connectivity index is 2.73. The Morgan fingerprint density at radius 2 is 2.08 bits per heavy atom. The lowest BCUT2D eigenvalue weighted by molar-refractivity contribution is -0.273. The Morgan fingerprint density at radius 3 is 2.33 bits per heavy atom. The van der Waals surface area contributed by atoms with Crippen LogP contribution < -0.4 is 5.32 Å². The predicted molar refractivity (Wildman–Crippen MR) is 37.9 cm³/mol. The van der Waals surface area contributed by atoms with Crippen molar-refractivity contribution in [2.45, 2.75) is 24.6 Å². The zero-order valence-corrected chi connectivity index (χ0v) is 6.87. The average Bonchev–Trinajstić information content (AvgIpc) is 2.04. The summed E-state index contributed by atoms with van der Waals surface area (Å²) in [7, 11) is 1.11. The van der Waals surface area contributed by atoms with Crippen molar-refractivity contribution in [3.05, 3.63) is 0 Å². The summed E-state index contributed by atoms with van der Waals surface area (Å²) < 4.78 is 41.9. The van der Waals surface area contributed by atoms with Crippen molar-refractivity contribution in [2.24, 2.45) is 0 Å². The molecule has 0 saturated carbocycles. The van der Waals surface area contributed by atoms with Crippen LogP contribution in [0.3, 0.4) is 0 Å². The largest absolute Gasteiger partial charge is 0.418 e. The lowest BCUT2D eigenvalue weighted by atomic mass is 9.93. The molecule has 1 saturated heterocycles. The molecule has 12 heavy (non-hydrogen) atoms. The maximum atomic E-state index is 12.4. The van der Waals surface area contributed by atoms with Crippen molar-refractivity contribution < 1.29 is 17.9 Å². The highest BCUT2D eigenvalue weighted by atomic mass is 19.4. The smallest absolute Gasteiger partial charge is 0.367 e. The first-order chi connectivity index (χ1) is 5.52. The Hall–Kier alpha value is -0.290. The van der Waals surface area contributed by atoms with Crippen LogP contribution in [-0.4, -0.2) is 32.0 Å². The number of nitrogens with one attached hydrogen (secondary N) is 1.